The first-order valence-corrected chi connectivity index (χ1v) is 6.13. The first-order chi connectivity index (χ1) is 8.59. The van der Waals surface area contributed by atoms with E-state index in [1.54, 1.807) is 12.1 Å². The average molecular weight is 245 g/mol. The number of aromatic nitrogens is 1. The number of nitrogens with zero attached hydrogens (tertiary/aromatic N) is 2. The Morgan fingerprint density at radius 1 is 1.44 bits per heavy atom. The van der Waals surface area contributed by atoms with Crippen molar-refractivity contribution in [1.82, 2.24) is 9.88 Å². The van der Waals surface area contributed by atoms with E-state index in [0.29, 0.717) is 18.0 Å². The number of fused-ring (bicyclic) bond motifs is 1. The molecule has 0 radical (unpaired) electrons. The molecule has 3 rings (SSSR count). The van der Waals surface area contributed by atoms with Crippen LogP contribution in [0.15, 0.2) is 18.3 Å². The predicted octanol–water partition coefficient (Wildman–Crippen LogP) is 0.805. The number of amides is 2. The van der Waals surface area contributed by atoms with E-state index in [1.165, 1.54) is 11.1 Å². The zero-order valence-corrected chi connectivity index (χ0v) is 10.2. The molecule has 1 aliphatic heterocycles. The Balaban J connectivity index is 2.06. The Bertz CT molecular complexity index is 504. The topological polar surface area (TPSA) is 76.3 Å². The maximum atomic E-state index is 12.4. The third kappa shape index (κ3) is 1.34. The number of carbonyl (C=O) groups excluding carboxylic acids is 2. The van der Waals surface area contributed by atoms with Gasteiger partial charge < -0.3 is 5.73 Å². The Morgan fingerprint density at radius 3 is 2.72 bits per heavy atom. The van der Waals surface area contributed by atoms with Crippen molar-refractivity contribution in [2.45, 2.75) is 25.3 Å². The summed E-state index contributed by atoms with van der Waals surface area (Å²) < 4.78 is 0. The number of hydrogen-bond acceptors (Lipinski definition) is 4. The van der Waals surface area contributed by atoms with Crippen molar-refractivity contribution in [2.24, 2.45) is 11.7 Å². The van der Waals surface area contributed by atoms with E-state index >= 15 is 0 Å². The monoisotopic (exact) mass is 245 g/mol. The second kappa shape index (κ2) is 3.62. The standard InChI is InChI=1S/C13H15N3O2/c1-13(7-14,8-4-5-8)16-11(17)9-3-2-6-15-10(9)12(16)18/h2-3,6,8H,4-5,7,14H2,1H3. The molecule has 2 heterocycles. The van der Waals surface area contributed by atoms with Crippen LogP contribution in [0, 0.1) is 5.92 Å². The van der Waals surface area contributed by atoms with Crippen LogP contribution in [-0.4, -0.2) is 33.8 Å². The van der Waals surface area contributed by atoms with E-state index in [-0.39, 0.29) is 17.5 Å². The molecule has 2 aliphatic rings. The smallest absolute Gasteiger partial charge is 0.280 e. The molecule has 2 amide bonds. The van der Waals surface area contributed by atoms with Gasteiger partial charge in [0.1, 0.15) is 5.69 Å². The molecule has 1 saturated carbocycles. The fourth-order valence-corrected chi connectivity index (χ4v) is 2.68. The van der Waals surface area contributed by atoms with Crippen molar-refractivity contribution in [2.75, 3.05) is 6.54 Å². The van der Waals surface area contributed by atoms with Gasteiger partial charge in [-0.1, -0.05) is 0 Å². The van der Waals surface area contributed by atoms with E-state index < -0.39 is 5.54 Å². The Morgan fingerprint density at radius 2 is 2.17 bits per heavy atom. The van der Waals surface area contributed by atoms with Crippen LogP contribution in [0.2, 0.25) is 0 Å². The molecule has 1 aromatic heterocycles. The molecule has 0 bridgehead atoms. The second-order valence-corrected chi connectivity index (χ2v) is 5.18. The van der Waals surface area contributed by atoms with E-state index in [0.717, 1.165) is 12.8 Å². The normalized spacial score (nSPS) is 22.0. The van der Waals surface area contributed by atoms with Crippen LogP contribution >= 0.6 is 0 Å². The maximum absolute atomic E-state index is 12.4. The van der Waals surface area contributed by atoms with Gasteiger partial charge >= 0.3 is 0 Å². The van der Waals surface area contributed by atoms with Gasteiger partial charge in [0.25, 0.3) is 11.8 Å². The summed E-state index contributed by atoms with van der Waals surface area (Å²) >= 11 is 0. The summed E-state index contributed by atoms with van der Waals surface area (Å²) in [5, 5.41) is 0. The van der Waals surface area contributed by atoms with Crippen LogP contribution < -0.4 is 5.73 Å². The average Bonchev–Trinajstić information content (AvgIpc) is 3.19. The lowest BCUT2D eigenvalue weighted by molar-refractivity contribution is 0.0421. The summed E-state index contributed by atoms with van der Waals surface area (Å²) in [4.78, 5) is 30.0. The first kappa shape index (κ1) is 11.3. The largest absolute Gasteiger partial charge is 0.328 e. The molecule has 5 heteroatoms. The Labute approximate surface area is 105 Å². The Kier molecular flexibility index (Phi) is 2.28. The fraction of sp³-hybridized carbons (Fsp3) is 0.462. The fourth-order valence-electron chi connectivity index (χ4n) is 2.68. The van der Waals surface area contributed by atoms with E-state index in [1.807, 2.05) is 6.92 Å². The lowest BCUT2D eigenvalue weighted by Gasteiger charge is -2.36. The number of pyridine rings is 1. The highest BCUT2D eigenvalue weighted by Crippen LogP contribution is 2.44. The Hall–Kier alpha value is -1.75. The molecule has 1 aromatic rings. The van der Waals surface area contributed by atoms with Gasteiger partial charge in [0.15, 0.2) is 0 Å². The summed E-state index contributed by atoms with van der Waals surface area (Å²) in [5.41, 5.74) is 5.89. The predicted molar refractivity (Wildman–Crippen MR) is 64.9 cm³/mol. The number of nitrogens with two attached hydrogens (primary N) is 1. The summed E-state index contributed by atoms with van der Waals surface area (Å²) in [6.45, 7) is 2.19. The minimum absolute atomic E-state index is 0.253. The lowest BCUT2D eigenvalue weighted by Crippen LogP contribution is -2.56. The molecule has 5 nitrogen and oxygen atoms in total. The zero-order chi connectivity index (χ0) is 12.9. The quantitative estimate of drug-likeness (QED) is 0.799. The first-order valence-electron chi connectivity index (χ1n) is 6.13. The van der Waals surface area contributed by atoms with E-state index in [4.69, 9.17) is 5.73 Å². The van der Waals surface area contributed by atoms with Crippen LogP contribution in [0.25, 0.3) is 0 Å². The number of hydrogen-bond donors (Lipinski definition) is 1. The minimum Gasteiger partial charge on any atom is -0.328 e. The molecule has 0 aromatic carbocycles. The molecule has 1 unspecified atom stereocenters. The van der Waals surface area contributed by atoms with Crippen molar-refractivity contribution in [3.05, 3.63) is 29.6 Å². The van der Waals surface area contributed by atoms with Gasteiger partial charge in [0.2, 0.25) is 0 Å². The molecule has 1 fully saturated rings. The van der Waals surface area contributed by atoms with Crippen LogP contribution in [-0.2, 0) is 0 Å². The summed E-state index contributed by atoms with van der Waals surface area (Å²) in [7, 11) is 0. The highest BCUT2D eigenvalue weighted by Gasteiger charge is 2.53. The van der Waals surface area contributed by atoms with Crippen molar-refractivity contribution in [3.8, 4) is 0 Å². The van der Waals surface area contributed by atoms with E-state index in [2.05, 4.69) is 4.98 Å². The molecule has 94 valence electrons. The highest BCUT2D eigenvalue weighted by atomic mass is 16.2. The van der Waals surface area contributed by atoms with Crippen LogP contribution in [0.5, 0.6) is 0 Å². The molecule has 2 N–H and O–H groups in total. The van der Waals surface area contributed by atoms with Crippen LogP contribution in [0.1, 0.15) is 40.6 Å². The molecule has 18 heavy (non-hydrogen) atoms. The second-order valence-electron chi connectivity index (χ2n) is 5.18. The minimum atomic E-state index is -0.575. The summed E-state index contributed by atoms with van der Waals surface area (Å²) in [6, 6.07) is 3.32. The van der Waals surface area contributed by atoms with Gasteiger partial charge in [-0.15, -0.1) is 0 Å². The zero-order valence-electron chi connectivity index (χ0n) is 10.2. The van der Waals surface area contributed by atoms with Gasteiger partial charge in [-0.05, 0) is 37.8 Å². The molecule has 1 atom stereocenters. The van der Waals surface area contributed by atoms with E-state index in [9.17, 15) is 9.59 Å². The molecule has 1 aliphatic carbocycles. The van der Waals surface area contributed by atoms with Crippen LogP contribution in [0.4, 0.5) is 0 Å². The molecular formula is C13H15N3O2. The SMILES string of the molecule is CC(CN)(C1CC1)N1C(=O)c2cccnc2C1=O. The van der Waals surface area contributed by atoms with Gasteiger partial charge in [-0.2, -0.15) is 0 Å². The van der Waals surface area contributed by atoms with Gasteiger partial charge in [-0.25, -0.2) is 0 Å². The number of rotatable bonds is 3. The van der Waals surface area contributed by atoms with Gasteiger partial charge in [-0.3, -0.25) is 19.5 Å². The number of carbonyl (C=O) groups is 2. The van der Waals surface area contributed by atoms with Crippen LogP contribution in [0.3, 0.4) is 0 Å². The number of imide groups is 1. The van der Waals surface area contributed by atoms with Crippen molar-refractivity contribution >= 4 is 11.8 Å². The summed E-state index contributed by atoms with van der Waals surface area (Å²) in [6.07, 6.45) is 3.58. The van der Waals surface area contributed by atoms with Crippen molar-refractivity contribution in [1.29, 1.82) is 0 Å². The highest BCUT2D eigenvalue weighted by molar-refractivity contribution is 6.20. The van der Waals surface area contributed by atoms with Gasteiger partial charge in [0, 0.05) is 12.7 Å². The summed E-state index contributed by atoms with van der Waals surface area (Å²) in [5.74, 6) is -0.247. The molecular weight excluding hydrogens is 230 g/mol. The maximum Gasteiger partial charge on any atom is 0.280 e. The molecule has 0 saturated heterocycles. The lowest BCUT2D eigenvalue weighted by atomic mass is 9.93. The van der Waals surface area contributed by atoms with Gasteiger partial charge in [0.05, 0.1) is 11.1 Å². The van der Waals surface area contributed by atoms with Crippen molar-refractivity contribution < 1.29 is 9.59 Å². The molecule has 0 spiro atoms. The third-order valence-electron chi connectivity index (χ3n) is 4.03. The van der Waals surface area contributed by atoms with Crippen molar-refractivity contribution in [3.63, 3.8) is 0 Å². The third-order valence-corrected chi connectivity index (χ3v) is 4.03.